The average molecular weight is 447 g/mol. The van der Waals surface area contributed by atoms with Crippen molar-refractivity contribution in [3.8, 4) is 5.69 Å². The average Bonchev–Trinajstić information content (AvgIpc) is 3.13. The third kappa shape index (κ3) is 3.62. The molecule has 0 atom stereocenters. The fourth-order valence-electron chi connectivity index (χ4n) is 3.77. The van der Waals surface area contributed by atoms with Gasteiger partial charge >= 0.3 is 5.69 Å². The molecule has 0 aliphatic heterocycles. The van der Waals surface area contributed by atoms with Crippen molar-refractivity contribution in [3.05, 3.63) is 99.5 Å². The molecule has 0 saturated heterocycles. The van der Waals surface area contributed by atoms with E-state index in [0.717, 1.165) is 11.0 Å². The Hall–Kier alpha value is -3.65. The van der Waals surface area contributed by atoms with Gasteiger partial charge in [-0.3, -0.25) is 13.9 Å². The fraction of sp³-hybridized carbons (Fsp3) is 0.125. The summed E-state index contributed by atoms with van der Waals surface area (Å²) in [6, 6.07) is 20.8. The smallest absolute Gasteiger partial charge is 0.306 e. The van der Waals surface area contributed by atoms with Crippen LogP contribution in [0.15, 0.2) is 87.5 Å². The number of para-hydroxylation sites is 4. The van der Waals surface area contributed by atoms with Gasteiger partial charge in [-0.05, 0) is 42.8 Å². The number of aromatic amines is 1. The predicted molar refractivity (Wildman–Crippen MR) is 125 cm³/mol. The Bertz CT molecular complexity index is 1550. The zero-order chi connectivity index (χ0) is 22.1. The van der Waals surface area contributed by atoms with Crippen LogP contribution in [0.4, 0.5) is 4.39 Å². The summed E-state index contributed by atoms with van der Waals surface area (Å²) in [5.74, 6) is 0.115. The predicted octanol–water partition coefficient (Wildman–Crippen LogP) is 4.35. The van der Waals surface area contributed by atoms with Crippen molar-refractivity contribution in [2.24, 2.45) is 0 Å². The third-order valence-corrected chi connectivity index (χ3v) is 6.30. The zero-order valence-corrected chi connectivity index (χ0v) is 17.8. The van der Waals surface area contributed by atoms with E-state index in [-0.39, 0.29) is 16.9 Å². The van der Waals surface area contributed by atoms with Crippen molar-refractivity contribution >= 4 is 33.7 Å². The molecule has 0 spiro atoms. The van der Waals surface area contributed by atoms with E-state index in [1.807, 2.05) is 30.3 Å². The van der Waals surface area contributed by atoms with Gasteiger partial charge in [-0.1, -0.05) is 48.2 Å². The van der Waals surface area contributed by atoms with E-state index >= 15 is 0 Å². The summed E-state index contributed by atoms with van der Waals surface area (Å²) in [7, 11) is 0. The highest BCUT2D eigenvalue weighted by Crippen LogP contribution is 2.23. The molecule has 0 radical (unpaired) electrons. The highest BCUT2D eigenvalue weighted by molar-refractivity contribution is 7.99. The Morgan fingerprint density at radius 2 is 1.69 bits per heavy atom. The fourth-order valence-corrected chi connectivity index (χ4v) is 4.70. The minimum atomic E-state index is -0.487. The first kappa shape index (κ1) is 20.3. The summed E-state index contributed by atoms with van der Waals surface area (Å²) in [4.78, 5) is 33.0. The largest absolute Gasteiger partial charge is 0.326 e. The molecule has 8 heteroatoms. The number of hydrogen-bond donors (Lipinski definition) is 1. The molecule has 6 nitrogen and oxygen atoms in total. The first-order valence-electron chi connectivity index (χ1n) is 10.2. The van der Waals surface area contributed by atoms with E-state index in [4.69, 9.17) is 0 Å². The van der Waals surface area contributed by atoms with Gasteiger partial charge in [-0.15, -0.1) is 0 Å². The lowest BCUT2D eigenvalue weighted by Crippen LogP contribution is -2.23. The molecule has 0 aliphatic carbocycles. The lowest BCUT2D eigenvalue weighted by Gasteiger charge is -2.14. The second-order valence-electron chi connectivity index (χ2n) is 7.30. The van der Waals surface area contributed by atoms with Crippen LogP contribution in [0.25, 0.3) is 27.6 Å². The zero-order valence-electron chi connectivity index (χ0n) is 17.0. The molecule has 5 aromatic rings. The molecular weight excluding hydrogens is 427 g/mol. The number of imidazole rings is 1. The van der Waals surface area contributed by atoms with Crippen molar-refractivity contribution < 1.29 is 4.39 Å². The Kier molecular flexibility index (Phi) is 5.36. The summed E-state index contributed by atoms with van der Waals surface area (Å²) in [6.07, 6.45) is 0.673. The maximum absolute atomic E-state index is 14.6. The van der Waals surface area contributed by atoms with Crippen molar-refractivity contribution in [1.82, 2.24) is 19.1 Å². The number of H-pyrrole nitrogens is 1. The summed E-state index contributed by atoms with van der Waals surface area (Å²) in [5, 5.41) is 0.857. The molecule has 0 bridgehead atoms. The molecule has 32 heavy (non-hydrogen) atoms. The van der Waals surface area contributed by atoms with Crippen LogP contribution < -0.4 is 11.2 Å². The summed E-state index contributed by atoms with van der Waals surface area (Å²) < 4.78 is 17.6. The van der Waals surface area contributed by atoms with Gasteiger partial charge in [0.1, 0.15) is 5.82 Å². The molecule has 0 saturated carbocycles. The van der Waals surface area contributed by atoms with Crippen LogP contribution in [0.2, 0.25) is 0 Å². The Morgan fingerprint density at radius 1 is 0.938 bits per heavy atom. The highest BCUT2D eigenvalue weighted by Gasteiger charge is 2.16. The molecule has 2 heterocycles. The van der Waals surface area contributed by atoms with Crippen molar-refractivity contribution in [2.75, 3.05) is 5.75 Å². The minimum Gasteiger partial charge on any atom is -0.306 e. The number of thioether (sulfide) groups is 1. The Morgan fingerprint density at radius 3 is 2.56 bits per heavy atom. The number of fused-ring (bicyclic) bond motifs is 2. The third-order valence-electron chi connectivity index (χ3n) is 5.28. The number of aromatic nitrogens is 4. The van der Waals surface area contributed by atoms with E-state index in [1.165, 1.54) is 22.4 Å². The highest BCUT2D eigenvalue weighted by atomic mass is 32.2. The topological polar surface area (TPSA) is 72.7 Å². The summed E-state index contributed by atoms with van der Waals surface area (Å²) >= 11 is 1.37. The van der Waals surface area contributed by atoms with Gasteiger partial charge in [0, 0.05) is 12.3 Å². The van der Waals surface area contributed by atoms with E-state index in [2.05, 4.69) is 9.97 Å². The Balaban J connectivity index is 1.45. The van der Waals surface area contributed by atoms with Crippen LogP contribution in [0, 0.1) is 5.82 Å². The van der Waals surface area contributed by atoms with Crippen molar-refractivity contribution in [1.29, 1.82) is 0 Å². The molecule has 0 amide bonds. The van der Waals surface area contributed by atoms with E-state index in [0.29, 0.717) is 34.8 Å². The van der Waals surface area contributed by atoms with Crippen LogP contribution in [-0.2, 0) is 6.54 Å². The summed E-state index contributed by atoms with van der Waals surface area (Å²) in [6.45, 7) is 0.521. The van der Waals surface area contributed by atoms with Gasteiger partial charge in [0.25, 0.3) is 5.56 Å². The molecule has 2 aromatic heterocycles. The number of aryl methyl sites for hydroxylation is 1. The lowest BCUT2D eigenvalue weighted by molar-refractivity contribution is 0.608. The molecule has 1 N–H and O–H groups in total. The van der Waals surface area contributed by atoms with Gasteiger partial charge in [0.2, 0.25) is 0 Å². The molecular formula is C24H19FN4O2S. The molecule has 3 aromatic carbocycles. The number of hydrogen-bond acceptors (Lipinski definition) is 4. The Labute approximate surface area is 186 Å². The number of nitrogens with zero attached hydrogens (tertiary/aromatic N) is 3. The maximum Gasteiger partial charge on any atom is 0.326 e. The lowest BCUT2D eigenvalue weighted by atomic mass is 10.2. The molecule has 0 fully saturated rings. The van der Waals surface area contributed by atoms with Gasteiger partial charge in [0.15, 0.2) is 5.16 Å². The van der Waals surface area contributed by atoms with Crippen LogP contribution >= 0.6 is 11.8 Å². The number of benzene rings is 3. The van der Waals surface area contributed by atoms with E-state index in [1.54, 1.807) is 41.0 Å². The quantitative estimate of drug-likeness (QED) is 0.239. The van der Waals surface area contributed by atoms with Crippen LogP contribution in [0.1, 0.15) is 6.42 Å². The second-order valence-corrected chi connectivity index (χ2v) is 8.37. The molecule has 0 aliphatic rings. The molecule has 5 rings (SSSR count). The van der Waals surface area contributed by atoms with Gasteiger partial charge < -0.3 is 4.98 Å². The second kappa shape index (κ2) is 8.47. The SMILES string of the molecule is O=c1c2ccccc2nc(SCCCn2c(=O)[nH]c3ccccc32)n1-c1ccccc1F. The van der Waals surface area contributed by atoms with Gasteiger partial charge in [0.05, 0.1) is 27.6 Å². The van der Waals surface area contributed by atoms with Gasteiger partial charge in [-0.2, -0.15) is 0 Å². The van der Waals surface area contributed by atoms with E-state index < -0.39 is 5.82 Å². The maximum atomic E-state index is 14.6. The number of halogens is 1. The minimum absolute atomic E-state index is 0.150. The monoisotopic (exact) mass is 446 g/mol. The van der Waals surface area contributed by atoms with E-state index in [9.17, 15) is 14.0 Å². The summed E-state index contributed by atoms with van der Waals surface area (Å²) in [5.41, 5.74) is 1.94. The number of rotatable bonds is 6. The number of nitrogens with one attached hydrogen (secondary N) is 1. The van der Waals surface area contributed by atoms with Gasteiger partial charge in [-0.25, -0.2) is 14.2 Å². The first-order valence-corrected chi connectivity index (χ1v) is 11.2. The standard InChI is InChI=1S/C24H19FN4O2S/c25-17-9-2-5-12-20(17)29-22(30)16-8-1-3-10-18(16)27-24(29)32-15-7-14-28-21-13-6-4-11-19(21)26-23(28)31/h1-6,8-13H,7,14-15H2,(H,26,31). The first-order chi connectivity index (χ1) is 15.6. The van der Waals surface area contributed by atoms with Crippen molar-refractivity contribution in [3.63, 3.8) is 0 Å². The van der Waals surface area contributed by atoms with Crippen LogP contribution in [0.5, 0.6) is 0 Å². The van der Waals surface area contributed by atoms with Crippen molar-refractivity contribution in [2.45, 2.75) is 18.1 Å². The molecule has 0 unspecified atom stereocenters. The normalized spacial score (nSPS) is 11.4. The molecule has 160 valence electrons. The van der Waals surface area contributed by atoms with Crippen LogP contribution in [-0.4, -0.2) is 24.9 Å². The van der Waals surface area contributed by atoms with Crippen LogP contribution in [0.3, 0.4) is 0 Å².